The van der Waals surface area contributed by atoms with Crippen molar-refractivity contribution < 1.29 is 60.7 Å². The van der Waals surface area contributed by atoms with Crippen LogP contribution in [-0.4, -0.2) is 56.7 Å². The van der Waals surface area contributed by atoms with E-state index in [2.05, 4.69) is 5.10 Å². The number of nitrogens with two attached hydrogens (primary N) is 1. The van der Waals surface area contributed by atoms with E-state index in [-0.39, 0.29) is 0 Å². The molecule has 31 heavy (non-hydrogen) atoms. The van der Waals surface area contributed by atoms with Crippen LogP contribution in [-0.2, 0) is 20.9 Å². The fourth-order valence-corrected chi connectivity index (χ4v) is 1.58. The van der Waals surface area contributed by atoms with Gasteiger partial charge in [0.15, 0.2) is 12.7 Å². The number of carbonyl (C=O) groups is 3. The second-order valence-corrected chi connectivity index (χ2v) is 5.48. The van der Waals surface area contributed by atoms with Crippen molar-refractivity contribution in [3.63, 3.8) is 0 Å². The first-order valence-electron chi connectivity index (χ1n) is 7.89. The van der Waals surface area contributed by atoms with Crippen molar-refractivity contribution >= 4 is 28.8 Å². The number of benzene rings is 1. The molecule has 1 aromatic carbocycles. The van der Waals surface area contributed by atoms with Gasteiger partial charge in [-0.25, -0.2) is 9.59 Å². The molecule has 0 saturated heterocycles. The van der Waals surface area contributed by atoms with Gasteiger partial charge in [0, 0.05) is 23.0 Å². The van der Waals surface area contributed by atoms with Crippen LogP contribution in [0.4, 0.5) is 26.3 Å². The number of aliphatic carboxylic acids is 3. The number of aromatic nitrogens is 2. The normalized spacial score (nSPS) is 12.0. The second-order valence-electron chi connectivity index (χ2n) is 5.48. The number of fused-ring (bicyclic) bond motifs is 1. The standard InChI is InChI=1S/C12H13N3O2.2C2HF3O2/c13-10(12(16)17)6-8-15-7-5-9-3-1-2-4-11(9)14-15;2*3-2(4,5)1(6)7/h1-5,7,10H,6,8,13H2;2*(H,6,7)/p+1/t10-;;/m1../s1. The molecule has 0 aliphatic rings. The van der Waals surface area contributed by atoms with Crippen LogP contribution in [0.1, 0.15) is 6.42 Å². The Kier molecular flexibility index (Phi) is 10.3. The molecule has 9 nitrogen and oxygen atoms in total. The van der Waals surface area contributed by atoms with Crippen molar-refractivity contribution in [3.8, 4) is 0 Å². The third-order valence-corrected chi connectivity index (χ3v) is 3.07. The highest BCUT2D eigenvalue weighted by atomic mass is 19.4. The summed E-state index contributed by atoms with van der Waals surface area (Å²) in [5.41, 5.74) is 6.32. The van der Waals surface area contributed by atoms with Gasteiger partial charge in [0.05, 0.1) is 0 Å². The fourth-order valence-electron chi connectivity index (χ4n) is 1.58. The Morgan fingerprint density at radius 1 is 0.935 bits per heavy atom. The zero-order valence-electron chi connectivity index (χ0n) is 15.3. The van der Waals surface area contributed by atoms with E-state index in [1.54, 1.807) is 4.68 Å². The van der Waals surface area contributed by atoms with Gasteiger partial charge in [-0.2, -0.15) is 26.3 Å². The minimum absolute atomic E-state index is 0.366. The third kappa shape index (κ3) is 11.3. The summed E-state index contributed by atoms with van der Waals surface area (Å²) in [6, 6.07) is 8.89. The zero-order valence-corrected chi connectivity index (χ0v) is 15.3. The highest BCUT2D eigenvalue weighted by molar-refractivity contribution is 5.76. The average molecular weight is 460 g/mol. The van der Waals surface area contributed by atoms with Gasteiger partial charge in [0.1, 0.15) is 11.6 Å². The Hall–Kier alpha value is -3.49. The van der Waals surface area contributed by atoms with Crippen molar-refractivity contribution in [2.24, 2.45) is 5.73 Å². The third-order valence-electron chi connectivity index (χ3n) is 3.07. The number of rotatable bonds is 4. The molecule has 0 bridgehead atoms. The summed E-state index contributed by atoms with van der Waals surface area (Å²) in [4.78, 5) is 28.4. The number of nitrogens with zero attached hydrogens (tertiary/aromatic N) is 2. The van der Waals surface area contributed by atoms with Crippen LogP contribution in [0.25, 0.3) is 10.9 Å². The number of alkyl halides is 6. The lowest BCUT2D eigenvalue weighted by Crippen LogP contribution is -2.42. The molecule has 15 heteroatoms. The monoisotopic (exact) mass is 460 g/mol. The Bertz CT molecular complexity index is 879. The molecule has 1 heterocycles. The zero-order chi connectivity index (χ0) is 24.4. The van der Waals surface area contributed by atoms with Crippen LogP contribution in [0.15, 0.2) is 36.5 Å². The van der Waals surface area contributed by atoms with E-state index in [1.165, 1.54) is 0 Å². The van der Waals surface area contributed by atoms with E-state index >= 15 is 0 Å². The smallest absolute Gasteiger partial charge is 0.480 e. The number of hydrogen-bond acceptors (Lipinski definition) is 5. The van der Waals surface area contributed by atoms with Crippen molar-refractivity contribution in [3.05, 3.63) is 36.5 Å². The summed E-state index contributed by atoms with van der Waals surface area (Å²) < 4.78 is 65.2. The van der Waals surface area contributed by atoms with E-state index in [0.29, 0.717) is 13.0 Å². The highest BCUT2D eigenvalue weighted by Crippen LogP contribution is 2.13. The fraction of sp³-hybridized carbons (Fsp3) is 0.312. The number of carboxylic acids is 3. The first kappa shape index (κ1) is 27.5. The van der Waals surface area contributed by atoms with Gasteiger partial charge in [-0.05, 0) is 6.07 Å². The maximum Gasteiger partial charge on any atom is 0.490 e. The molecular weight excluding hydrogens is 444 g/mol. The maximum absolute atomic E-state index is 10.6. The van der Waals surface area contributed by atoms with E-state index in [0.717, 1.165) is 10.9 Å². The van der Waals surface area contributed by atoms with Gasteiger partial charge in [0.2, 0.25) is 0 Å². The molecule has 0 amide bonds. The van der Waals surface area contributed by atoms with Crippen LogP contribution < -0.4 is 10.4 Å². The molecule has 1 atom stereocenters. The van der Waals surface area contributed by atoms with Crippen LogP contribution in [0, 0.1) is 0 Å². The predicted octanol–water partition coefficient (Wildman–Crippen LogP) is 1.59. The molecule has 2 aromatic rings. The molecular formula is C16H16F6N3O6+. The minimum Gasteiger partial charge on any atom is -0.480 e. The molecule has 5 N–H and O–H groups in total. The Morgan fingerprint density at radius 2 is 1.39 bits per heavy atom. The Labute approximate surface area is 169 Å². The van der Waals surface area contributed by atoms with Gasteiger partial charge < -0.3 is 21.1 Å². The summed E-state index contributed by atoms with van der Waals surface area (Å²) in [5.74, 6) is -6.49. The topological polar surface area (TPSA) is 155 Å². The average Bonchev–Trinajstić information content (AvgIpc) is 2.65. The van der Waals surface area contributed by atoms with E-state index in [1.807, 2.05) is 36.5 Å². The van der Waals surface area contributed by atoms with Crippen LogP contribution in [0.3, 0.4) is 0 Å². The Morgan fingerprint density at radius 3 is 1.81 bits per heavy atom. The van der Waals surface area contributed by atoms with Gasteiger partial charge in [-0.15, -0.1) is 0 Å². The van der Waals surface area contributed by atoms with Crippen molar-refractivity contribution in [2.75, 3.05) is 0 Å². The van der Waals surface area contributed by atoms with Crippen LogP contribution >= 0.6 is 0 Å². The quantitative estimate of drug-likeness (QED) is 0.396. The first-order chi connectivity index (χ1) is 14.1. The number of aryl methyl sites for hydroxylation is 1. The van der Waals surface area contributed by atoms with E-state index in [4.69, 9.17) is 30.6 Å². The van der Waals surface area contributed by atoms with Gasteiger partial charge in [-0.1, -0.05) is 22.9 Å². The molecule has 0 fully saturated rings. The van der Waals surface area contributed by atoms with E-state index in [9.17, 15) is 31.1 Å². The molecule has 0 aliphatic heterocycles. The lowest BCUT2D eigenvalue weighted by atomic mass is 10.2. The summed E-state index contributed by atoms with van der Waals surface area (Å²) in [6.07, 6.45) is -7.97. The summed E-state index contributed by atoms with van der Waals surface area (Å²) in [6.45, 7) is 0.498. The maximum atomic E-state index is 10.6. The number of halogens is 6. The molecule has 0 radical (unpaired) electrons. The molecule has 0 unspecified atom stereocenters. The summed E-state index contributed by atoms with van der Waals surface area (Å²) >= 11 is 0. The first-order valence-corrected chi connectivity index (χ1v) is 7.89. The van der Waals surface area contributed by atoms with Crippen molar-refractivity contribution in [1.29, 1.82) is 0 Å². The molecule has 0 aliphatic carbocycles. The number of hydrogen-bond donors (Lipinski definition) is 4. The van der Waals surface area contributed by atoms with Crippen LogP contribution in [0.2, 0.25) is 0 Å². The van der Waals surface area contributed by atoms with Gasteiger partial charge in [-0.3, -0.25) is 4.79 Å². The van der Waals surface area contributed by atoms with Crippen molar-refractivity contribution in [1.82, 2.24) is 5.10 Å². The molecule has 2 rings (SSSR count). The van der Waals surface area contributed by atoms with Gasteiger partial charge in [0.25, 0.3) is 0 Å². The lowest BCUT2D eigenvalue weighted by Gasteiger charge is -2.02. The predicted molar refractivity (Wildman–Crippen MR) is 89.5 cm³/mol. The second kappa shape index (κ2) is 11.6. The number of carboxylic acid groups (broad SMARTS) is 3. The van der Waals surface area contributed by atoms with Crippen molar-refractivity contribution in [2.45, 2.75) is 31.4 Å². The SMILES string of the molecule is N[C@H](CC[n+]1ccc2ccccc2n1)C(=O)O.O=C(O)C(F)(F)F.O=C(O)C(F)(F)F. The molecule has 0 saturated carbocycles. The summed E-state index contributed by atoms with van der Waals surface area (Å²) in [7, 11) is 0. The molecule has 1 aromatic heterocycles. The van der Waals surface area contributed by atoms with Crippen LogP contribution in [0.5, 0.6) is 0 Å². The van der Waals surface area contributed by atoms with E-state index < -0.39 is 36.3 Å². The molecule has 172 valence electrons. The Balaban J connectivity index is 0.000000536. The molecule has 0 spiro atoms. The highest BCUT2D eigenvalue weighted by Gasteiger charge is 2.38. The largest absolute Gasteiger partial charge is 0.490 e. The van der Waals surface area contributed by atoms with Gasteiger partial charge >= 0.3 is 30.3 Å². The lowest BCUT2D eigenvalue weighted by molar-refractivity contribution is -0.752. The minimum atomic E-state index is -5.08. The summed E-state index contributed by atoms with van der Waals surface area (Å²) in [5, 5.41) is 28.4.